The highest BCUT2D eigenvalue weighted by molar-refractivity contribution is 5.97. The number of carbonyl (C=O) groups is 2. The van der Waals surface area contributed by atoms with Gasteiger partial charge in [0, 0.05) is 24.2 Å². The summed E-state index contributed by atoms with van der Waals surface area (Å²) < 4.78 is 0. The number of hydrogen-bond donors (Lipinski definition) is 2. The van der Waals surface area contributed by atoms with Crippen molar-refractivity contribution in [3.63, 3.8) is 0 Å². The van der Waals surface area contributed by atoms with Gasteiger partial charge in [-0.05, 0) is 51.9 Å². The van der Waals surface area contributed by atoms with Crippen molar-refractivity contribution in [2.24, 2.45) is 0 Å². The van der Waals surface area contributed by atoms with Gasteiger partial charge in [0.05, 0.1) is 4.92 Å². The fourth-order valence-corrected chi connectivity index (χ4v) is 2.96. The highest BCUT2D eigenvalue weighted by Gasteiger charge is 2.18. The van der Waals surface area contributed by atoms with Crippen LogP contribution in [0.5, 0.6) is 0 Å². The lowest BCUT2D eigenvalue weighted by Crippen LogP contribution is -2.45. The first-order valence-corrected chi connectivity index (χ1v) is 9.03. The van der Waals surface area contributed by atoms with Crippen LogP contribution in [0.4, 0.5) is 5.69 Å². The van der Waals surface area contributed by atoms with E-state index in [1.54, 1.807) is 6.92 Å². The summed E-state index contributed by atoms with van der Waals surface area (Å²) in [6.07, 6.45) is 4.66. The Balaban J connectivity index is 1.72. The Morgan fingerprint density at radius 3 is 2.69 bits per heavy atom. The number of non-ortho nitro benzene ring substituents is 1. The minimum atomic E-state index is -0.711. The fraction of sp³-hybridized carbons (Fsp3) is 0.556. The molecule has 1 fully saturated rings. The predicted molar refractivity (Wildman–Crippen MR) is 97.9 cm³/mol. The van der Waals surface area contributed by atoms with E-state index in [-0.39, 0.29) is 17.2 Å². The first kappa shape index (κ1) is 19.8. The number of amides is 2. The van der Waals surface area contributed by atoms with Crippen LogP contribution in [0.2, 0.25) is 0 Å². The average Bonchev–Trinajstić information content (AvgIpc) is 2.65. The van der Waals surface area contributed by atoms with Crippen molar-refractivity contribution >= 4 is 17.5 Å². The van der Waals surface area contributed by atoms with Gasteiger partial charge in [0.15, 0.2) is 0 Å². The van der Waals surface area contributed by atoms with Crippen molar-refractivity contribution in [3.05, 3.63) is 39.9 Å². The van der Waals surface area contributed by atoms with Crippen LogP contribution in [0.3, 0.4) is 0 Å². The summed E-state index contributed by atoms with van der Waals surface area (Å²) >= 11 is 0. The van der Waals surface area contributed by atoms with Crippen molar-refractivity contribution in [1.82, 2.24) is 15.5 Å². The number of benzene rings is 1. The Morgan fingerprint density at radius 2 is 2.00 bits per heavy atom. The number of nitrogens with one attached hydrogen (secondary N) is 2. The molecular formula is C18H26N4O4. The van der Waals surface area contributed by atoms with Crippen molar-refractivity contribution < 1.29 is 14.5 Å². The largest absolute Gasteiger partial charge is 0.354 e. The first-order valence-electron chi connectivity index (χ1n) is 9.03. The van der Waals surface area contributed by atoms with E-state index < -0.39 is 16.9 Å². The van der Waals surface area contributed by atoms with Crippen LogP contribution in [0.1, 0.15) is 43.0 Å². The number of nitro benzene ring substituents is 1. The lowest BCUT2D eigenvalue weighted by molar-refractivity contribution is -0.384. The number of rotatable bonds is 8. The highest BCUT2D eigenvalue weighted by Crippen LogP contribution is 2.13. The van der Waals surface area contributed by atoms with Crippen LogP contribution in [-0.4, -0.2) is 53.9 Å². The van der Waals surface area contributed by atoms with Gasteiger partial charge in [-0.2, -0.15) is 0 Å². The van der Waals surface area contributed by atoms with E-state index in [0.29, 0.717) is 6.54 Å². The normalized spacial score (nSPS) is 15.9. The smallest absolute Gasteiger partial charge is 0.270 e. The molecule has 1 aliphatic heterocycles. The van der Waals surface area contributed by atoms with Gasteiger partial charge >= 0.3 is 0 Å². The molecule has 1 aromatic rings. The minimum absolute atomic E-state index is 0.156. The molecule has 0 saturated carbocycles. The number of likely N-dealkylation sites (tertiary alicyclic amines) is 1. The van der Waals surface area contributed by atoms with Crippen molar-refractivity contribution in [3.8, 4) is 0 Å². The maximum Gasteiger partial charge on any atom is 0.270 e. The number of carbonyl (C=O) groups excluding carboxylic acids is 2. The molecule has 8 heteroatoms. The zero-order valence-electron chi connectivity index (χ0n) is 15.1. The summed E-state index contributed by atoms with van der Waals surface area (Å²) in [6.45, 7) is 5.38. The summed E-state index contributed by atoms with van der Waals surface area (Å²) in [5.74, 6) is -0.771. The summed E-state index contributed by atoms with van der Waals surface area (Å²) in [7, 11) is 0. The van der Waals surface area contributed by atoms with Gasteiger partial charge in [0.25, 0.3) is 11.6 Å². The number of nitrogens with zero attached hydrogens (tertiary/aromatic N) is 2. The summed E-state index contributed by atoms with van der Waals surface area (Å²) in [6, 6.07) is 4.72. The Morgan fingerprint density at radius 1 is 1.27 bits per heavy atom. The van der Waals surface area contributed by atoms with E-state index in [2.05, 4.69) is 15.5 Å². The molecule has 26 heavy (non-hydrogen) atoms. The molecular weight excluding hydrogens is 336 g/mol. The third-order valence-electron chi connectivity index (χ3n) is 4.46. The maximum atomic E-state index is 12.2. The SMILES string of the molecule is CC(NC(=O)c1cccc([N+](=O)[O-])c1)C(=O)NCCCN1CCCCC1. The summed E-state index contributed by atoms with van der Waals surface area (Å²) in [5, 5.41) is 16.2. The molecule has 2 rings (SSSR count). The second kappa shape index (κ2) is 9.86. The van der Waals surface area contributed by atoms with Gasteiger partial charge in [-0.1, -0.05) is 12.5 Å². The van der Waals surface area contributed by atoms with Crippen LogP contribution in [-0.2, 0) is 4.79 Å². The Labute approximate surface area is 153 Å². The van der Waals surface area contributed by atoms with Crippen LogP contribution in [0, 0.1) is 10.1 Å². The minimum Gasteiger partial charge on any atom is -0.354 e. The Kier molecular flexibility index (Phi) is 7.53. The van der Waals surface area contributed by atoms with E-state index in [4.69, 9.17) is 0 Å². The fourth-order valence-electron chi connectivity index (χ4n) is 2.96. The third kappa shape index (κ3) is 6.11. The maximum absolute atomic E-state index is 12.2. The Bertz CT molecular complexity index is 644. The molecule has 0 aliphatic carbocycles. The van der Waals surface area contributed by atoms with Crippen molar-refractivity contribution in [1.29, 1.82) is 0 Å². The topological polar surface area (TPSA) is 105 Å². The number of hydrogen-bond acceptors (Lipinski definition) is 5. The molecule has 1 aromatic carbocycles. The monoisotopic (exact) mass is 362 g/mol. The van der Waals surface area contributed by atoms with Crippen molar-refractivity contribution in [2.75, 3.05) is 26.2 Å². The zero-order chi connectivity index (χ0) is 18.9. The molecule has 142 valence electrons. The summed E-state index contributed by atoms with van der Waals surface area (Å²) in [4.78, 5) is 36.9. The van der Waals surface area contributed by atoms with Crippen LogP contribution in [0.15, 0.2) is 24.3 Å². The average molecular weight is 362 g/mol. The molecule has 1 aliphatic rings. The van der Waals surface area contributed by atoms with E-state index in [1.165, 1.54) is 43.5 Å². The standard InChI is InChI=1S/C18H26N4O4/c1-14(17(23)19-9-6-12-21-10-3-2-4-11-21)20-18(24)15-7-5-8-16(13-15)22(25)26/h5,7-8,13-14H,2-4,6,9-12H2,1H3,(H,19,23)(H,20,24). The zero-order valence-corrected chi connectivity index (χ0v) is 15.1. The Hall–Kier alpha value is -2.48. The van der Waals surface area contributed by atoms with Crippen LogP contribution in [0.25, 0.3) is 0 Å². The van der Waals surface area contributed by atoms with Gasteiger partial charge in [-0.15, -0.1) is 0 Å². The molecule has 1 atom stereocenters. The van der Waals surface area contributed by atoms with Crippen molar-refractivity contribution in [2.45, 2.75) is 38.6 Å². The lowest BCUT2D eigenvalue weighted by atomic mass is 10.1. The van der Waals surface area contributed by atoms with Gasteiger partial charge in [0.2, 0.25) is 5.91 Å². The highest BCUT2D eigenvalue weighted by atomic mass is 16.6. The molecule has 1 heterocycles. The molecule has 0 spiro atoms. The molecule has 2 amide bonds. The predicted octanol–water partition coefficient (Wildman–Crippen LogP) is 1.71. The third-order valence-corrected chi connectivity index (χ3v) is 4.46. The second-order valence-corrected chi connectivity index (χ2v) is 6.55. The molecule has 2 N–H and O–H groups in total. The van der Waals surface area contributed by atoms with Gasteiger partial charge in [0.1, 0.15) is 6.04 Å². The van der Waals surface area contributed by atoms with Crippen LogP contribution < -0.4 is 10.6 Å². The quantitative estimate of drug-likeness (QED) is 0.416. The number of nitro groups is 1. The molecule has 1 unspecified atom stereocenters. The van der Waals surface area contributed by atoms with E-state index in [0.717, 1.165) is 26.1 Å². The van der Waals surface area contributed by atoms with Gasteiger partial charge in [-0.25, -0.2) is 0 Å². The molecule has 0 bridgehead atoms. The van der Waals surface area contributed by atoms with E-state index >= 15 is 0 Å². The lowest BCUT2D eigenvalue weighted by Gasteiger charge is -2.26. The first-order chi connectivity index (χ1) is 12.5. The summed E-state index contributed by atoms with van der Waals surface area (Å²) in [5.41, 5.74) is -0.00332. The van der Waals surface area contributed by atoms with Crippen LogP contribution >= 0.6 is 0 Å². The van der Waals surface area contributed by atoms with E-state index in [9.17, 15) is 19.7 Å². The molecule has 0 radical (unpaired) electrons. The molecule has 1 saturated heterocycles. The molecule has 0 aromatic heterocycles. The van der Waals surface area contributed by atoms with E-state index in [1.807, 2.05) is 0 Å². The molecule has 8 nitrogen and oxygen atoms in total. The number of piperidine rings is 1. The second-order valence-electron chi connectivity index (χ2n) is 6.55. The van der Waals surface area contributed by atoms with Gasteiger partial charge in [-0.3, -0.25) is 19.7 Å². The van der Waals surface area contributed by atoms with Gasteiger partial charge < -0.3 is 15.5 Å².